The number of ether oxygens (including phenoxy) is 7. The number of aliphatic hydroxyl groups is 1. The number of hydrogen-bond donors (Lipinski definition) is 12. The number of benzene rings is 12. The summed E-state index contributed by atoms with van der Waals surface area (Å²) in [5.74, 6) is -0.350. The van der Waals surface area contributed by atoms with Crippen LogP contribution in [0.2, 0.25) is 0 Å². The van der Waals surface area contributed by atoms with E-state index in [0.717, 1.165) is 68.5 Å². The smallest absolute Gasteiger partial charge is 0.202 e. The molecule has 18 rings (SSSR count). The molecule has 0 fully saturated rings. The second kappa shape index (κ2) is 35.9. The topological polar surface area (TPSA) is 410 Å². The first kappa shape index (κ1) is 83.9. The molecule has 0 spiro atoms. The van der Waals surface area contributed by atoms with Crippen LogP contribution < -0.4 is 33.2 Å². The quantitative estimate of drug-likeness (QED) is 0.0705. The molecule has 25 nitrogen and oxygen atoms in total. The number of rotatable bonds is 7. The first-order valence-electron chi connectivity index (χ1n) is 38.3. The first-order chi connectivity index (χ1) is 57.9. The zero-order valence-electron chi connectivity index (χ0n) is 66.1. The molecule has 12 aromatic carbocycles. The summed E-state index contributed by atoms with van der Waals surface area (Å²) >= 11 is 0. The van der Waals surface area contributed by atoms with Crippen LogP contribution in [0.25, 0.3) is 0 Å². The predicted octanol–water partition coefficient (Wildman–Crippen LogP) is 17.6. The highest BCUT2D eigenvalue weighted by Crippen LogP contribution is 2.48. The van der Waals surface area contributed by atoms with Crippen molar-refractivity contribution in [3.63, 3.8) is 0 Å². The van der Waals surface area contributed by atoms with Crippen molar-refractivity contribution in [3.05, 3.63) is 319 Å². The van der Waals surface area contributed by atoms with Gasteiger partial charge in [0, 0.05) is 36.4 Å². The third-order valence-corrected chi connectivity index (χ3v) is 20.8. The van der Waals surface area contributed by atoms with E-state index in [9.17, 15) is 90.0 Å². The zero-order valence-corrected chi connectivity index (χ0v) is 66.1. The Kier molecular flexibility index (Phi) is 24.9. The Balaban J connectivity index is 0.000000125. The van der Waals surface area contributed by atoms with Gasteiger partial charge in [0.25, 0.3) is 0 Å². The van der Waals surface area contributed by atoms with Crippen LogP contribution in [0.15, 0.2) is 224 Å². The Morgan fingerprint density at radius 3 is 0.950 bits per heavy atom. The van der Waals surface area contributed by atoms with Crippen LogP contribution in [0.5, 0.6) is 103 Å². The van der Waals surface area contributed by atoms with Crippen LogP contribution in [0.4, 0.5) is 0 Å². The van der Waals surface area contributed by atoms with Gasteiger partial charge in [0.2, 0.25) is 5.78 Å². The molecular formula is C96H84O25. The van der Waals surface area contributed by atoms with Crippen molar-refractivity contribution < 1.29 is 123 Å². The van der Waals surface area contributed by atoms with Crippen molar-refractivity contribution in [2.24, 2.45) is 0 Å². The van der Waals surface area contributed by atoms with Crippen LogP contribution in [0.3, 0.4) is 0 Å². The number of Topliss-reactive ketones (excluding diaryl/α,β-unsaturated/α-hetero) is 6. The van der Waals surface area contributed by atoms with Gasteiger partial charge in [0.05, 0.1) is 39.2 Å². The predicted molar refractivity (Wildman–Crippen MR) is 441 cm³/mol. The summed E-state index contributed by atoms with van der Waals surface area (Å²) in [6.45, 7) is 9.52. The molecule has 618 valence electrons. The van der Waals surface area contributed by atoms with E-state index >= 15 is 0 Å². The van der Waals surface area contributed by atoms with Crippen molar-refractivity contribution in [2.45, 2.75) is 109 Å². The Hall–Kier alpha value is -15.0. The molecule has 0 radical (unpaired) electrons. The van der Waals surface area contributed by atoms with Gasteiger partial charge < -0.3 is 94.4 Å². The van der Waals surface area contributed by atoms with E-state index in [1.165, 1.54) is 48.0 Å². The molecule has 7 atom stereocenters. The summed E-state index contributed by atoms with van der Waals surface area (Å²) in [5.41, 5.74) is 10.6. The van der Waals surface area contributed by atoms with Crippen LogP contribution in [-0.4, -0.2) is 109 Å². The number of methoxy groups -OCH3 is 1. The largest absolute Gasteiger partial charge is 0.508 e. The third kappa shape index (κ3) is 18.9. The van der Waals surface area contributed by atoms with Crippen molar-refractivity contribution >= 4 is 34.7 Å². The fourth-order valence-corrected chi connectivity index (χ4v) is 14.5. The Morgan fingerprint density at radius 1 is 0.273 bits per heavy atom. The lowest BCUT2D eigenvalue weighted by atomic mass is 9.92. The molecule has 25 heteroatoms. The fraction of sp³-hybridized carbons (Fsp3) is 0.188. The lowest BCUT2D eigenvalue weighted by Gasteiger charge is -2.30. The minimum absolute atomic E-state index is 0.00908. The average Bonchev–Trinajstić information content (AvgIpc) is 0.769. The second-order valence-corrected chi connectivity index (χ2v) is 29.6. The summed E-state index contributed by atoms with van der Waals surface area (Å²) in [7, 11) is 1.58. The van der Waals surface area contributed by atoms with Gasteiger partial charge in [-0.15, -0.1) is 0 Å². The van der Waals surface area contributed by atoms with E-state index < -0.39 is 42.1 Å². The number of aromatic hydroxyl groups is 11. The van der Waals surface area contributed by atoms with Crippen LogP contribution in [-0.2, 0) is 0 Å². The highest BCUT2D eigenvalue weighted by atomic mass is 16.5. The molecule has 6 heterocycles. The van der Waals surface area contributed by atoms with E-state index in [2.05, 4.69) is 0 Å². The molecule has 6 aliphatic rings. The van der Waals surface area contributed by atoms with Gasteiger partial charge in [-0.3, -0.25) is 28.8 Å². The molecule has 6 aliphatic heterocycles. The molecule has 12 N–H and O–H groups in total. The number of phenols is 11. The maximum absolute atomic E-state index is 12.3. The Bertz CT molecular complexity index is 5990. The molecular weight excluding hydrogens is 1550 g/mol. The molecule has 121 heavy (non-hydrogen) atoms. The molecule has 0 bridgehead atoms. The van der Waals surface area contributed by atoms with Gasteiger partial charge in [-0.2, -0.15) is 0 Å². The average molecular weight is 1640 g/mol. The number of aryl methyl sites for hydroxylation is 5. The molecule has 0 aliphatic carbocycles. The minimum atomic E-state index is -1.52. The summed E-state index contributed by atoms with van der Waals surface area (Å²) in [6.07, 6.45) is -3.42. The zero-order chi connectivity index (χ0) is 86.4. The molecule has 0 saturated heterocycles. The lowest BCUT2D eigenvalue weighted by molar-refractivity contribution is 0.0210. The van der Waals surface area contributed by atoms with Gasteiger partial charge in [0.1, 0.15) is 167 Å². The van der Waals surface area contributed by atoms with Crippen LogP contribution in [0, 0.1) is 34.6 Å². The number of carbonyl (C=O) groups is 6. The van der Waals surface area contributed by atoms with Gasteiger partial charge in [0.15, 0.2) is 41.1 Å². The van der Waals surface area contributed by atoms with E-state index in [1.54, 1.807) is 93.8 Å². The van der Waals surface area contributed by atoms with Crippen LogP contribution >= 0.6 is 0 Å². The maximum Gasteiger partial charge on any atom is 0.202 e. The second-order valence-electron chi connectivity index (χ2n) is 29.6. The van der Waals surface area contributed by atoms with E-state index in [-0.39, 0.29) is 170 Å². The highest BCUT2D eigenvalue weighted by molar-refractivity contribution is 6.07. The monoisotopic (exact) mass is 1640 g/mol. The first-order valence-corrected chi connectivity index (χ1v) is 38.3. The number of carbonyl (C=O) groups excluding carboxylic acids is 6. The number of ketones is 6. The van der Waals surface area contributed by atoms with Gasteiger partial charge in [-0.25, -0.2) is 0 Å². The standard InChI is InChI=1S/C16H14O6.C16H14O5.2C16H14O4.2C16H14O3/c1-7-2-3-8(4-10(7)18)16-15(21)14(20)13-11(19)5-9(17)6-12(13)22-16;1-20-11-4-2-9(3-5-11)14-8-13(19)16-12(18)6-10(17)7-15(16)21-14;1-9-3-2-4-10(5-9)14-8-13(19)16-12(18)6-11(17)7-15(16)20-14;1-9-5-6-10(7-12(9)18)15-8-13(19)16-11(17)3-2-4-14(16)20-15;1-10-4-2-5-11(8-10)15-9-13(18)16-12(17)6-3-7-14(16)19-15;1-10-5-7-11(8-6-10)15-9-13(18)16-12(17)3-2-4-14(16)19-15/h2-6,15-19,21H,1H3;2-7,14,17-18H,8H2,1H3;2-7,14,17-18H,8H2,1H3;2-7,15,17-18H,8H2,1H3;2*2-8,15,17H,9H2,1H3. The van der Waals surface area contributed by atoms with Gasteiger partial charge in [-0.05, 0) is 140 Å². The Labute approximate surface area is 693 Å². The third-order valence-electron chi connectivity index (χ3n) is 20.8. The van der Waals surface area contributed by atoms with E-state index in [4.69, 9.17) is 33.2 Å². The number of hydrogen-bond acceptors (Lipinski definition) is 25. The van der Waals surface area contributed by atoms with Crippen molar-refractivity contribution in [3.8, 4) is 103 Å². The van der Waals surface area contributed by atoms with Gasteiger partial charge >= 0.3 is 0 Å². The SMILES string of the molecule is COc1ccc(C2CC(=O)c3c(O)cc(O)cc3O2)cc1.Cc1ccc(C2CC(=O)c3c(O)cccc3O2)cc1.Cc1ccc(C2CC(=O)c3c(O)cccc3O2)cc1O.Cc1ccc(C2Oc3cc(O)cc(O)c3C(=O)C2O)cc1O.Cc1cccc(C2CC(=O)c3c(O)cc(O)cc3O2)c1.Cc1cccc(C2CC(=O)c3c(O)cccc3O2)c1. The summed E-state index contributed by atoms with van der Waals surface area (Å²) < 4.78 is 39.6. The number of fused-ring (bicyclic) bond motifs is 6. The minimum Gasteiger partial charge on any atom is -0.508 e. The maximum atomic E-state index is 12.3. The van der Waals surface area contributed by atoms with Crippen molar-refractivity contribution in [2.75, 3.05) is 7.11 Å². The lowest BCUT2D eigenvalue weighted by Crippen LogP contribution is -2.36. The number of aliphatic hydroxyl groups excluding tert-OH is 1. The molecule has 0 amide bonds. The van der Waals surface area contributed by atoms with Gasteiger partial charge in [-0.1, -0.05) is 144 Å². The molecule has 12 aromatic rings. The van der Waals surface area contributed by atoms with Crippen molar-refractivity contribution in [1.82, 2.24) is 0 Å². The molecule has 7 unspecified atom stereocenters. The summed E-state index contributed by atoms with van der Waals surface area (Å²) in [5, 5.41) is 117. The van der Waals surface area contributed by atoms with E-state index in [1.807, 2.05) is 112 Å². The summed E-state index contributed by atoms with van der Waals surface area (Å²) in [4.78, 5) is 73.0. The fourth-order valence-electron chi connectivity index (χ4n) is 14.5. The summed E-state index contributed by atoms with van der Waals surface area (Å²) in [6, 6.07) is 62.5. The van der Waals surface area contributed by atoms with Crippen LogP contribution in [0.1, 0.15) is 192 Å². The number of phenolic OH excluding ortho intramolecular Hbond substituents is 11. The normalized spacial score (nSPS) is 18.0. The van der Waals surface area contributed by atoms with Crippen molar-refractivity contribution in [1.29, 1.82) is 0 Å². The molecule has 0 saturated carbocycles. The highest BCUT2D eigenvalue weighted by Gasteiger charge is 2.41. The van der Waals surface area contributed by atoms with E-state index in [0.29, 0.717) is 39.5 Å². The molecule has 0 aromatic heterocycles. The Morgan fingerprint density at radius 2 is 0.579 bits per heavy atom.